The van der Waals surface area contributed by atoms with Crippen molar-refractivity contribution in [2.45, 2.75) is 13.1 Å². The molecule has 4 nitrogen and oxygen atoms in total. The van der Waals surface area contributed by atoms with Crippen LogP contribution in [-0.4, -0.2) is 31.3 Å². The largest absolute Gasteiger partial charge is 0.378 e. The maximum absolute atomic E-state index is 14.0. The number of rotatable bonds is 5. The molecule has 1 aromatic heterocycles. The van der Waals surface area contributed by atoms with E-state index >= 15 is 0 Å². The third-order valence-corrected chi connectivity index (χ3v) is 3.74. The highest BCUT2D eigenvalue weighted by molar-refractivity contribution is 5.50. The maximum Gasteiger partial charge on any atom is 0.146 e. The van der Waals surface area contributed by atoms with Gasteiger partial charge in [0.05, 0.1) is 18.9 Å². The van der Waals surface area contributed by atoms with Gasteiger partial charge in [0.15, 0.2) is 0 Å². The molecule has 1 saturated heterocycles. The highest BCUT2D eigenvalue weighted by Gasteiger charge is 2.15. The van der Waals surface area contributed by atoms with E-state index < -0.39 is 0 Å². The van der Waals surface area contributed by atoms with Gasteiger partial charge in [-0.3, -0.25) is 4.98 Å². The van der Waals surface area contributed by atoms with Crippen LogP contribution in [0.4, 0.5) is 10.1 Å². The molecule has 116 valence electrons. The second-order valence-corrected chi connectivity index (χ2v) is 5.35. The van der Waals surface area contributed by atoms with Crippen molar-refractivity contribution in [2.75, 3.05) is 31.2 Å². The molecular formula is C17H20FN3O. The van der Waals surface area contributed by atoms with Crippen molar-refractivity contribution in [1.82, 2.24) is 10.3 Å². The van der Waals surface area contributed by atoms with E-state index in [1.807, 2.05) is 35.4 Å². The van der Waals surface area contributed by atoms with E-state index in [1.54, 1.807) is 12.3 Å². The monoisotopic (exact) mass is 301 g/mol. The molecule has 0 spiro atoms. The normalized spacial score (nSPS) is 15.0. The molecule has 0 saturated carbocycles. The Labute approximate surface area is 129 Å². The summed E-state index contributed by atoms with van der Waals surface area (Å²) in [6, 6.07) is 9.26. The lowest BCUT2D eigenvalue weighted by Gasteiger charge is -2.29. The molecule has 3 rings (SSSR count). The van der Waals surface area contributed by atoms with E-state index in [1.165, 1.54) is 0 Å². The number of morpholine rings is 1. The molecule has 0 unspecified atom stereocenters. The van der Waals surface area contributed by atoms with E-state index in [2.05, 4.69) is 10.3 Å². The summed E-state index contributed by atoms with van der Waals surface area (Å²) in [5.41, 5.74) is 2.88. The van der Waals surface area contributed by atoms with Gasteiger partial charge in [-0.25, -0.2) is 4.39 Å². The standard InChI is InChI=1S/C17H20FN3O/c18-16-4-3-14(10-17(16)21-6-8-22-9-7-21)11-20-13-15-2-1-5-19-12-15/h1-5,10,12,20H,6-9,11,13H2. The first kappa shape index (κ1) is 14.9. The van der Waals surface area contributed by atoms with Crippen LogP contribution in [0.1, 0.15) is 11.1 Å². The van der Waals surface area contributed by atoms with Gasteiger partial charge in [0.25, 0.3) is 0 Å². The van der Waals surface area contributed by atoms with Crippen molar-refractivity contribution in [3.63, 3.8) is 0 Å². The summed E-state index contributed by atoms with van der Waals surface area (Å²) >= 11 is 0. The number of anilines is 1. The number of benzene rings is 1. The second kappa shape index (κ2) is 7.33. The minimum Gasteiger partial charge on any atom is -0.378 e. The molecule has 1 fully saturated rings. The fraction of sp³-hybridized carbons (Fsp3) is 0.353. The van der Waals surface area contributed by atoms with Crippen LogP contribution >= 0.6 is 0 Å². The Kier molecular flexibility index (Phi) is 4.98. The van der Waals surface area contributed by atoms with Crippen LogP contribution in [0.5, 0.6) is 0 Å². The number of nitrogens with zero attached hydrogens (tertiary/aromatic N) is 2. The first-order chi connectivity index (χ1) is 10.8. The molecule has 0 amide bonds. The number of ether oxygens (including phenoxy) is 1. The molecule has 2 aromatic rings. The quantitative estimate of drug-likeness (QED) is 0.920. The minimum absolute atomic E-state index is 0.169. The fourth-order valence-corrected chi connectivity index (χ4v) is 2.57. The number of halogens is 1. The average Bonchev–Trinajstić information content (AvgIpc) is 2.58. The van der Waals surface area contributed by atoms with Gasteiger partial charge in [-0.15, -0.1) is 0 Å². The van der Waals surface area contributed by atoms with Crippen LogP contribution < -0.4 is 10.2 Å². The van der Waals surface area contributed by atoms with Gasteiger partial charge >= 0.3 is 0 Å². The zero-order chi connectivity index (χ0) is 15.2. The van der Waals surface area contributed by atoms with Crippen LogP contribution in [-0.2, 0) is 17.8 Å². The zero-order valence-corrected chi connectivity index (χ0v) is 12.5. The molecule has 5 heteroatoms. The summed E-state index contributed by atoms with van der Waals surface area (Å²) in [4.78, 5) is 6.13. The van der Waals surface area contributed by atoms with Crippen LogP contribution in [0.3, 0.4) is 0 Å². The summed E-state index contributed by atoms with van der Waals surface area (Å²) < 4.78 is 19.4. The third-order valence-electron chi connectivity index (χ3n) is 3.74. The van der Waals surface area contributed by atoms with Gasteiger partial charge in [0.1, 0.15) is 5.82 Å². The fourth-order valence-electron chi connectivity index (χ4n) is 2.57. The van der Waals surface area contributed by atoms with Gasteiger partial charge in [-0.1, -0.05) is 12.1 Å². The van der Waals surface area contributed by atoms with Gasteiger partial charge in [-0.05, 0) is 29.3 Å². The second-order valence-electron chi connectivity index (χ2n) is 5.35. The van der Waals surface area contributed by atoms with Gasteiger partial charge < -0.3 is 15.0 Å². The van der Waals surface area contributed by atoms with E-state index in [9.17, 15) is 4.39 Å². The number of hydrogen-bond donors (Lipinski definition) is 1. The van der Waals surface area contributed by atoms with Crippen LogP contribution in [0.25, 0.3) is 0 Å². The lowest BCUT2D eigenvalue weighted by atomic mass is 10.1. The average molecular weight is 301 g/mol. The summed E-state index contributed by atoms with van der Waals surface area (Å²) in [5.74, 6) is -0.169. The van der Waals surface area contributed by atoms with E-state index in [-0.39, 0.29) is 5.82 Å². The highest BCUT2D eigenvalue weighted by Crippen LogP contribution is 2.22. The Balaban J connectivity index is 1.61. The Morgan fingerprint density at radius 2 is 1.95 bits per heavy atom. The smallest absolute Gasteiger partial charge is 0.146 e. The molecule has 1 aromatic carbocycles. The van der Waals surface area contributed by atoms with Crippen LogP contribution in [0.15, 0.2) is 42.7 Å². The number of hydrogen-bond acceptors (Lipinski definition) is 4. The Hall–Kier alpha value is -1.98. The summed E-state index contributed by atoms with van der Waals surface area (Å²) in [5, 5.41) is 3.36. The van der Waals surface area contributed by atoms with Gasteiger partial charge in [0, 0.05) is 38.6 Å². The molecule has 1 N–H and O–H groups in total. The molecule has 22 heavy (non-hydrogen) atoms. The lowest BCUT2D eigenvalue weighted by molar-refractivity contribution is 0.122. The summed E-state index contributed by atoms with van der Waals surface area (Å²) in [6.45, 7) is 4.24. The molecule has 1 aliphatic rings. The first-order valence-electron chi connectivity index (χ1n) is 7.54. The van der Waals surface area contributed by atoms with E-state index in [0.717, 1.165) is 30.8 Å². The van der Waals surface area contributed by atoms with Crippen molar-refractivity contribution in [1.29, 1.82) is 0 Å². The number of nitrogens with one attached hydrogen (secondary N) is 1. The predicted octanol–water partition coefficient (Wildman–Crippen LogP) is 2.35. The molecule has 0 radical (unpaired) electrons. The molecule has 2 heterocycles. The van der Waals surface area contributed by atoms with Crippen molar-refractivity contribution >= 4 is 5.69 Å². The van der Waals surface area contributed by atoms with Crippen molar-refractivity contribution in [2.24, 2.45) is 0 Å². The first-order valence-corrected chi connectivity index (χ1v) is 7.54. The lowest BCUT2D eigenvalue weighted by Crippen LogP contribution is -2.36. The SMILES string of the molecule is Fc1ccc(CNCc2cccnc2)cc1N1CCOCC1. The molecule has 0 bridgehead atoms. The number of pyridine rings is 1. The van der Waals surface area contributed by atoms with Crippen LogP contribution in [0.2, 0.25) is 0 Å². The van der Waals surface area contributed by atoms with Gasteiger partial charge in [0.2, 0.25) is 0 Å². The van der Waals surface area contributed by atoms with Gasteiger partial charge in [-0.2, -0.15) is 0 Å². The zero-order valence-electron chi connectivity index (χ0n) is 12.5. The predicted molar refractivity (Wildman–Crippen MR) is 84.2 cm³/mol. The third kappa shape index (κ3) is 3.81. The van der Waals surface area contributed by atoms with E-state index in [4.69, 9.17) is 4.74 Å². The van der Waals surface area contributed by atoms with Crippen LogP contribution in [0, 0.1) is 5.82 Å². The number of aromatic nitrogens is 1. The summed E-state index contributed by atoms with van der Waals surface area (Å²) in [6.07, 6.45) is 3.61. The summed E-state index contributed by atoms with van der Waals surface area (Å²) in [7, 11) is 0. The molecule has 1 aliphatic heterocycles. The molecule has 0 atom stereocenters. The Bertz CT molecular complexity index is 600. The minimum atomic E-state index is -0.169. The van der Waals surface area contributed by atoms with Crippen molar-refractivity contribution in [3.8, 4) is 0 Å². The Morgan fingerprint density at radius 3 is 2.73 bits per heavy atom. The Morgan fingerprint density at radius 1 is 1.14 bits per heavy atom. The topological polar surface area (TPSA) is 37.4 Å². The highest BCUT2D eigenvalue weighted by atomic mass is 19.1. The van der Waals surface area contributed by atoms with Crippen molar-refractivity contribution in [3.05, 3.63) is 59.7 Å². The van der Waals surface area contributed by atoms with Crippen molar-refractivity contribution < 1.29 is 9.13 Å². The maximum atomic E-state index is 14.0. The molecular weight excluding hydrogens is 281 g/mol. The van der Waals surface area contributed by atoms with E-state index in [0.29, 0.717) is 25.4 Å². The molecule has 0 aliphatic carbocycles.